The normalized spacial score (nSPS) is 11.6. The molecule has 0 aliphatic rings. The lowest BCUT2D eigenvalue weighted by Crippen LogP contribution is -2.27. The van der Waals surface area contributed by atoms with E-state index in [0.29, 0.717) is 11.3 Å². The van der Waals surface area contributed by atoms with Crippen LogP contribution >= 0.6 is 22.6 Å². The van der Waals surface area contributed by atoms with Crippen molar-refractivity contribution in [3.63, 3.8) is 0 Å². The molecule has 0 fully saturated rings. The van der Waals surface area contributed by atoms with E-state index in [1.807, 2.05) is 32.9 Å². The summed E-state index contributed by atoms with van der Waals surface area (Å²) in [5.41, 5.74) is 0.123. The van der Waals surface area contributed by atoms with Gasteiger partial charge in [0.25, 0.3) is 0 Å². The first-order valence-electron chi connectivity index (χ1n) is 5.77. The van der Waals surface area contributed by atoms with Crippen LogP contribution in [0.5, 0.6) is 5.75 Å². The summed E-state index contributed by atoms with van der Waals surface area (Å²) in [6, 6.07) is 5.49. The molecule has 0 aliphatic heterocycles. The lowest BCUT2D eigenvalue weighted by molar-refractivity contribution is 0.0522. The molecular formula is C13H15IN2O3. The van der Waals surface area contributed by atoms with E-state index in [1.54, 1.807) is 13.2 Å². The van der Waals surface area contributed by atoms with Crippen LogP contribution in [0.3, 0.4) is 0 Å². The number of fused-ring (bicyclic) bond motifs is 1. The number of methoxy groups -OCH3 is 1. The first kappa shape index (κ1) is 14.1. The molecule has 2 aromatic rings. The SMILES string of the molecule is COc1ccc2c(I)nn(C(=O)OC(C)(C)C)c2c1. The Balaban J connectivity index is 2.51. The fourth-order valence-electron chi connectivity index (χ4n) is 1.63. The van der Waals surface area contributed by atoms with Gasteiger partial charge in [0.15, 0.2) is 0 Å². The predicted molar refractivity (Wildman–Crippen MR) is 80.6 cm³/mol. The summed E-state index contributed by atoms with van der Waals surface area (Å²) in [6.07, 6.45) is -0.492. The third kappa shape index (κ3) is 2.99. The highest BCUT2D eigenvalue weighted by Crippen LogP contribution is 2.25. The third-order valence-electron chi connectivity index (χ3n) is 2.41. The van der Waals surface area contributed by atoms with E-state index in [4.69, 9.17) is 9.47 Å². The second-order valence-electron chi connectivity index (χ2n) is 5.07. The molecule has 0 saturated carbocycles. The van der Waals surface area contributed by atoms with Crippen LogP contribution in [-0.4, -0.2) is 28.6 Å². The zero-order valence-electron chi connectivity index (χ0n) is 11.2. The third-order valence-corrected chi connectivity index (χ3v) is 3.21. The maximum Gasteiger partial charge on any atom is 0.435 e. The van der Waals surface area contributed by atoms with E-state index in [1.165, 1.54) is 4.68 Å². The van der Waals surface area contributed by atoms with Gasteiger partial charge in [0.05, 0.1) is 12.6 Å². The van der Waals surface area contributed by atoms with Crippen LogP contribution < -0.4 is 4.74 Å². The molecule has 0 aliphatic carbocycles. The van der Waals surface area contributed by atoms with Gasteiger partial charge in [-0.1, -0.05) is 0 Å². The minimum absolute atomic E-state index is 0.492. The summed E-state index contributed by atoms with van der Waals surface area (Å²) in [6.45, 7) is 5.46. The van der Waals surface area contributed by atoms with Gasteiger partial charge in [-0.3, -0.25) is 0 Å². The number of rotatable bonds is 1. The van der Waals surface area contributed by atoms with Crippen LogP contribution in [0.4, 0.5) is 4.79 Å². The highest BCUT2D eigenvalue weighted by atomic mass is 127. The quantitative estimate of drug-likeness (QED) is 0.718. The fraction of sp³-hybridized carbons (Fsp3) is 0.385. The van der Waals surface area contributed by atoms with Gasteiger partial charge < -0.3 is 9.47 Å². The molecule has 0 atom stereocenters. The average Bonchev–Trinajstić information content (AvgIpc) is 2.64. The van der Waals surface area contributed by atoms with Crippen molar-refractivity contribution in [1.82, 2.24) is 9.78 Å². The van der Waals surface area contributed by atoms with Crippen molar-refractivity contribution in [2.24, 2.45) is 0 Å². The number of nitrogens with zero attached hydrogens (tertiary/aromatic N) is 2. The van der Waals surface area contributed by atoms with Gasteiger partial charge in [0.2, 0.25) is 0 Å². The van der Waals surface area contributed by atoms with E-state index in [2.05, 4.69) is 27.7 Å². The molecule has 1 aromatic heterocycles. The van der Waals surface area contributed by atoms with Crippen LogP contribution in [0, 0.1) is 3.70 Å². The molecule has 0 unspecified atom stereocenters. The van der Waals surface area contributed by atoms with E-state index < -0.39 is 11.7 Å². The Kier molecular flexibility index (Phi) is 3.71. The number of benzene rings is 1. The van der Waals surface area contributed by atoms with Crippen LogP contribution in [0.25, 0.3) is 10.9 Å². The monoisotopic (exact) mass is 374 g/mol. The van der Waals surface area contributed by atoms with Crippen LogP contribution in [0.1, 0.15) is 20.8 Å². The van der Waals surface area contributed by atoms with Crippen molar-refractivity contribution in [2.75, 3.05) is 7.11 Å². The second kappa shape index (κ2) is 4.99. The van der Waals surface area contributed by atoms with E-state index in [9.17, 15) is 4.79 Å². The van der Waals surface area contributed by atoms with Crippen molar-refractivity contribution in [1.29, 1.82) is 0 Å². The Bertz CT molecular complexity index is 629. The molecule has 6 heteroatoms. The molecule has 1 aromatic carbocycles. The topological polar surface area (TPSA) is 53.4 Å². The van der Waals surface area contributed by atoms with Crippen LogP contribution in [-0.2, 0) is 4.74 Å². The molecular weight excluding hydrogens is 359 g/mol. The van der Waals surface area contributed by atoms with Gasteiger partial charge in [0, 0.05) is 11.5 Å². The smallest absolute Gasteiger partial charge is 0.435 e. The van der Waals surface area contributed by atoms with Gasteiger partial charge in [-0.05, 0) is 55.5 Å². The van der Waals surface area contributed by atoms with Gasteiger partial charge in [-0.25, -0.2) is 4.79 Å². The highest BCUT2D eigenvalue weighted by Gasteiger charge is 2.21. The minimum atomic E-state index is -0.556. The molecule has 1 heterocycles. The highest BCUT2D eigenvalue weighted by molar-refractivity contribution is 14.1. The molecule has 2 rings (SSSR count). The molecule has 5 nitrogen and oxygen atoms in total. The van der Waals surface area contributed by atoms with Crippen molar-refractivity contribution in [2.45, 2.75) is 26.4 Å². The largest absolute Gasteiger partial charge is 0.497 e. The average molecular weight is 374 g/mol. The Hall–Kier alpha value is -1.31. The summed E-state index contributed by atoms with van der Waals surface area (Å²) in [4.78, 5) is 12.1. The van der Waals surface area contributed by atoms with Crippen molar-refractivity contribution in [3.05, 3.63) is 21.9 Å². The Morgan fingerprint density at radius 2 is 2.05 bits per heavy atom. The Morgan fingerprint density at radius 3 is 2.63 bits per heavy atom. The Morgan fingerprint density at radius 1 is 1.37 bits per heavy atom. The summed E-state index contributed by atoms with van der Waals surface area (Å²) in [5, 5.41) is 5.12. The molecule has 102 valence electrons. The van der Waals surface area contributed by atoms with Gasteiger partial charge >= 0.3 is 6.09 Å². The zero-order chi connectivity index (χ0) is 14.2. The van der Waals surface area contributed by atoms with Crippen LogP contribution in [0.2, 0.25) is 0 Å². The second-order valence-corrected chi connectivity index (χ2v) is 6.09. The number of hydrogen-bond donors (Lipinski definition) is 0. The molecule has 0 amide bonds. The number of hydrogen-bond acceptors (Lipinski definition) is 4. The minimum Gasteiger partial charge on any atom is -0.497 e. The molecule has 0 bridgehead atoms. The fourth-order valence-corrected chi connectivity index (χ4v) is 2.30. The number of ether oxygens (including phenoxy) is 2. The molecule has 0 saturated heterocycles. The molecule has 19 heavy (non-hydrogen) atoms. The van der Waals surface area contributed by atoms with Gasteiger partial charge in [0.1, 0.15) is 15.1 Å². The lowest BCUT2D eigenvalue weighted by atomic mass is 10.2. The lowest BCUT2D eigenvalue weighted by Gasteiger charge is -2.19. The van der Waals surface area contributed by atoms with Crippen molar-refractivity contribution >= 4 is 39.6 Å². The van der Waals surface area contributed by atoms with Gasteiger partial charge in [-0.2, -0.15) is 9.78 Å². The first-order valence-corrected chi connectivity index (χ1v) is 6.85. The molecule has 0 spiro atoms. The number of aromatic nitrogens is 2. The standard InChI is InChI=1S/C13H15IN2O3/c1-13(2,3)19-12(17)16-10-7-8(18-4)5-6-9(10)11(14)15-16/h5-7H,1-4H3. The predicted octanol–water partition coefficient (Wildman–Crippen LogP) is 3.43. The van der Waals surface area contributed by atoms with Crippen molar-refractivity contribution < 1.29 is 14.3 Å². The first-order chi connectivity index (χ1) is 8.81. The number of carbonyl (C=O) groups is 1. The summed E-state index contributed by atoms with van der Waals surface area (Å²) in [7, 11) is 1.58. The van der Waals surface area contributed by atoms with Crippen molar-refractivity contribution in [3.8, 4) is 5.75 Å². The Labute approximate surface area is 125 Å². The van der Waals surface area contributed by atoms with Crippen LogP contribution in [0.15, 0.2) is 18.2 Å². The zero-order valence-corrected chi connectivity index (χ0v) is 13.4. The van der Waals surface area contributed by atoms with E-state index in [-0.39, 0.29) is 0 Å². The van der Waals surface area contributed by atoms with Gasteiger partial charge in [-0.15, -0.1) is 0 Å². The van der Waals surface area contributed by atoms with E-state index >= 15 is 0 Å². The molecule has 0 radical (unpaired) electrons. The number of halogens is 1. The molecule has 0 N–H and O–H groups in total. The summed E-state index contributed by atoms with van der Waals surface area (Å²) < 4.78 is 12.5. The maximum atomic E-state index is 12.1. The maximum absolute atomic E-state index is 12.1. The summed E-state index contributed by atoms with van der Waals surface area (Å²) >= 11 is 2.09. The summed E-state index contributed by atoms with van der Waals surface area (Å²) in [5.74, 6) is 0.675. The van der Waals surface area contributed by atoms with E-state index in [0.717, 1.165) is 9.09 Å². The number of carbonyl (C=O) groups excluding carboxylic acids is 1.